The van der Waals surface area contributed by atoms with Crippen molar-refractivity contribution in [2.45, 2.75) is 19.6 Å². The van der Waals surface area contributed by atoms with Crippen LogP contribution in [-0.4, -0.2) is 46.4 Å². The first kappa shape index (κ1) is 11.7. The van der Waals surface area contributed by atoms with Gasteiger partial charge in [-0.25, -0.2) is 4.98 Å². The lowest BCUT2D eigenvalue weighted by atomic mass is 10.2. The SMILES string of the molecule is CCn1ccnc1N1CCOC(C(N)=NO)C1. The van der Waals surface area contributed by atoms with E-state index in [0.717, 1.165) is 19.0 Å². The van der Waals surface area contributed by atoms with E-state index in [2.05, 4.69) is 26.5 Å². The van der Waals surface area contributed by atoms with E-state index in [1.807, 2.05) is 6.20 Å². The molecule has 0 aromatic carbocycles. The van der Waals surface area contributed by atoms with Gasteiger partial charge in [0.2, 0.25) is 5.95 Å². The van der Waals surface area contributed by atoms with Crippen LogP contribution in [0.1, 0.15) is 6.92 Å². The zero-order valence-corrected chi connectivity index (χ0v) is 9.78. The topological polar surface area (TPSA) is 88.9 Å². The molecule has 1 saturated heterocycles. The first-order valence-corrected chi connectivity index (χ1v) is 5.61. The minimum absolute atomic E-state index is 0.101. The monoisotopic (exact) mass is 239 g/mol. The number of imidazole rings is 1. The van der Waals surface area contributed by atoms with Crippen molar-refractivity contribution in [1.29, 1.82) is 0 Å². The van der Waals surface area contributed by atoms with Crippen LogP contribution in [0.2, 0.25) is 0 Å². The van der Waals surface area contributed by atoms with E-state index in [0.29, 0.717) is 13.2 Å². The Kier molecular flexibility index (Phi) is 3.48. The lowest BCUT2D eigenvalue weighted by Crippen LogP contribution is -2.49. The van der Waals surface area contributed by atoms with Crippen LogP contribution in [0.25, 0.3) is 0 Å². The molecule has 0 spiro atoms. The lowest BCUT2D eigenvalue weighted by Gasteiger charge is -2.33. The van der Waals surface area contributed by atoms with Gasteiger partial charge in [-0.1, -0.05) is 5.16 Å². The van der Waals surface area contributed by atoms with Gasteiger partial charge in [-0.05, 0) is 6.92 Å². The summed E-state index contributed by atoms with van der Waals surface area (Å²) >= 11 is 0. The summed E-state index contributed by atoms with van der Waals surface area (Å²) in [5.41, 5.74) is 5.55. The maximum Gasteiger partial charge on any atom is 0.205 e. The number of aryl methyl sites for hydroxylation is 1. The molecule has 0 bridgehead atoms. The van der Waals surface area contributed by atoms with Gasteiger partial charge in [0.15, 0.2) is 5.84 Å². The molecule has 0 radical (unpaired) electrons. The third-order valence-electron chi connectivity index (χ3n) is 2.83. The quantitative estimate of drug-likeness (QED) is 0.331. The molecule has 7 nitrogen and oxygen atoms in total. The Morgan fingerprint density at radius 3 is 3.29 bits per heavy atom. The summed E-state index contributed by atoms with van der Waals surface area (Å²) < 4.78 is 7.49. The molecule has 1 unspecified atom stereocenters. The number of rotatable bonds is 3. The number of aromatic nitrogens is 2. The summed E-state index contributed by atoms with van der Waals surface area (Å²) in [6.45, 7) is 4.77. The van der Waals surface area contributed by atoms with Crippen molar-refractivity contribution in [3.63, 3.8) is 0 Å². The number of ether oxygens (including phenoxy) is 1. The second-order valence-electron chi connectivity index (χ2n) is 3.84. The minimum atomic E-state index is -0.379. The third-order valence-corrected chi connectivity index (χ3v) is 2.83. The Balaban J connectivity index is 2.12. The van der Waals surface area contributed by atoms with E-state index in [9.17, 15) is 0 Å². The molecule has 0 aliphatic carbocycles. The highest BCUT2D eigenvalue weighted by molar-refractivity contribution is 5.85. The second kappa shape index (κ2) is 5.05. The molecule has 3 N–H and O–H groups in total. The molecule has 1 aliphatic heterocycles. The van der Waals surface area contributed by atoms with Gasteiger partial charge in [0.05, 0.1) is 13.2 Å². The fourth-order valence-electron chi connectivity index (χ4n) is 1.91. The van der Waals surface area contributed by atoms with Crippen LogP contribution in [-0.2, 0) is 11.3 Å². The van der Waals surface area contributed by atoms with Gasteiger partial charge in [0.25, 0.3) is 0 Å². The molecular weight excluding hydrogens is 222 g/mol. The summed E-state index contributed by atoms with van der Waals surface area (Å²) in [5.74, 6) is 0.996. The van der Waals surface area contributed by atoms with Gasteiger partial charge in [-0.2, -0.15) is 0 Å². The number of morpholine rings is 1. The van der Waals surface area contributed by atoms with Crippen LogP contribution in [0.15, 0.2) is 17.5 Å². The van der Waals surface area contributed by atoms with Crippen LogP contribution < -0.4 is 10.6 Å². The molecule has 1 aromatic rings. The molecule has 0 amide bonds. The van der Waals surface area contributed by atoms with Crippen molar-refractivity contribution < 1.29 is 9.94 Å². The summed E-state index contributed by atoms with van der Waals surface area (Å²) in [7, 11) is 0. The summed E-state index contributed by atoms with van der Waals surface area (Å²) in [6, 6.07) is 0. The van der Waals surface area contributed by atoms with Crippen molar-refractivity contribution in [2.75, 3.05) is 24.6 Å². The second-order valence-corrected chi connectivity index (χ2v) is 3.84. The smallest absolute Gasteiger partial charge is 0.205 e. The molecule has 2 heterocycles. The lowest BCUT2D eigenvalue weighted by molar-refractivity contribution is 0.0798. The van der Waals surface area contributed by atoms with Crippen LogP contribution in [0.5, 0.6) is 0 Å². The zero-order valence-electron chi connectivity index (χ0n) is 9.78. The van der Waals surface area contributed by atoms with Gasteiger partial charge in [-0.3, -0.25) is 0 Å². The maximum absolute atomic E-state index is 8.65. The molecule has 17 heavy (non-hydrogen) atoms. The standard InChI is InChI=1S/C10H17N5O2/c1-2-14-4-3-12-10(14)15-5-6-17-8(7-15)9(11)13-16/h3-4,8,16H,2,5-7H2,1H3,(H2,11,13). The third kappa shape index (κ3) is 2.33. The van der Waals surface area contributed by atoms with Crippen LogP contribution in [0, 0.1) is 0 Å². The van der Waals surface area contributed by atoms with E-state index in [4.69, 9.17) is 15.7 Å². The Labute approximate surface area is 99.5 Å². The van der Waals surface area contributed by atoms with E-state index < -0.39 is 0 Å². The van der Waals surface area contributed by atoms with Crippen molar-refractivity contribution in [3.05, 3.63) is 12.4 Å². The van der Waals surface area contributed by atoms with Crippen LogP contribution in [0.3, 0.4) is 0 Å². The number of hydrogen-bond donors (Lipinski definition) is 2. The molecule has 1 aromatic heterocycles. The fraction of sp³-hybridized carbons (Fsp3) is 0.600. The molecule has 1 atom stereocenters. The number of amidine groups is 1. The van der Waals surface area contributed by atoms with E-state index in [1.165, 1.54) is 0 Å². The van der Waals surface area contributed by atoms with Gasteiger partial charge < -0.3 is 25.1 Å². The molecule has 2 rings (SSSR count). The average Bonchev–Trinajstić information content (AvgIpc) is 2.86. The fourth-order valence-corrected chi connectivity index (χ4v) is 1.91. The zero-order chi connectivity index (χ0) is 12.3. The molecule has 1 aliphatic rings. The molecular formula is C10H17N5O2. The van der Waals surface area contributed by atoms with Crippen LogP contribution in [0.4, 0.5) is 5.95 Å². The predicted octanol–water partition coefficient (Wildman–Crippen LogP) is -0.145. The number of nitrogens with two attached hydrogens (primary N) is 1. The van der Waals surface area contributed by atoms with Crippen molar-refractivity contribution in [1.82, 2.24) is 9.55 Å². The highest BCUT2D eigenvalue weighted by atomic mass is 16.5. The average molecular weight is 239 g/mol. The van der Waals surface area contributed by atoms with Crippen molar-refractivity contribution >= 4 is 11.8 Å². The highest BCUT2D eigenvalue weighted by Crippen LogP contribution is 2.15. The molecule has 94 valence electrons. The number of nitrogens with zero attached hydrogens (tertiary/aromatic N) is 4. The summed E-state index contributed by atoms with van der Waals surface area (Å²) in [6.07, 6.45) is 3.33. The first-order valence-electron chi connectivity index (χ1n) is 5.61. The Morgan fingerprint density at radius 1 is 1.76 bits per heavy atom. The van der Waals surface area contributed by atoms with E-state index in [1.54, 1.807) is 6.20 Å². The summed E-state index contributed by atoms with van der Waals surface area (Å²) in [5, 5.41) is 11.6. The number of hydrogen-bond acceptors (Lipinski definition) is 5. The van der Waals surface area contributed by atoms with Crippen molar-refractivity contribution in [3.8, 4) is 0 Å². The van der Waals surface area contributed by atoms with E-state index >= 15 is 0 Å². The summed E-state index contributed by atoms with van der Waals surface area (Å²) in [4.78, 5) is 6.40. The first-order chi connectivity index (χ1) is 8.26. The van der Waals surface area contributed by atoms with Gasteiger partial charge in [0.1, 0.15) is 6.10 Å². The Morgan fingerprint density at radius 2 is 2.59 bits per heavy atom. The number of anilines is 1. The predicted molar refractivity (Wildman–Crippen MR) is 63.3 cm³/mol. The normalized spacial score (nSPS) is 21.8. The molecule has 1 fully saturated rings. The van der Waals surface area contributed by atoms with Crippen molar-refractivity contribution in [2.24, 2.45) is 10.9 Å². The highest BCUT2D eigenvalue weighted by Gasteiger charge is 2.26. The van der Waals surface area contributed by atoms with Gasteiger partial charge >= 0.3 is 0 Å². The molecule has 7 heteroatoms. The largest absolute Gasteiger partial charge is 0.409 e. The molecule has 0 saturated carbocycles. The van der Waals surface area contributed by atoms with Gasteiger partial charge in [0, 0.05) is 25.5 Å². The Bertz CT molecular complexity index is 403. The minimum Gasteiger partial charge on any atom is -0.409 e. The Hall–Kier alpha value is -1.76. The van der Waals surface area contributed by atoms with Crippen LogP contribution >= 0.6 is 0 Å². The number of oxime groups is 1. The maximum atomic E-state index is 8.65. The van der Waals surface area contributed by atoms with E-state index in [-0.39, 0.29) is 11.9 Å². The van der Waals surface area contributed by atoms with Gasteiger partial charge in [-0.15, -0.1) is 0 Å².